The molecule has 5 rings (SSSR count). The molecule has 2 atom stereocenters. The lowest BCUT2D eigenvalue weighted by Crippen LogP contribution is -2.44. The van der Waals surface area contributed by atoms with Crippen LogP contribution in [0.2, 0.25) is 0 Å². The minimum absolute atomic E-state index is 0.0665. The van der Waals surface area contributed by atoms with Crippen molar-refractivity contribution in [2.75, 3.05) is 25.9 Å². The number of nitrogens with one attached hydrogen (secondary N) is 1. The number of alkyl halides is 5. The summed E-state index contributed by atoms with van der Waals surface area (Å²) in [6.07, 6.45) is -6.33. The number of likely N-dealkylation sites (tertiary alicyclic amines) is 1. The smallest absolute Gasteiger partial charge is 0.418 e. The van der Waals surface area contributed by atoms with Gasteiger partial charge in [0.25, 0.3) is 5.91 Å². The van der Waals surface area contributed by atoms with Crippen molar-refractivity contribution < 1.29 is 37.6 Å². The van der Waals surface area contributed by atoms with Crippen LogP contribution in [-0.2, 0) is 11.0 Å². The number of halogens is 5. The predicted molar refractivity (Wildman–Crippen MR) is 127 cm³/mol. The Morgan fingerprint density at radius 3 is 2.64 bits per heavy atom. The molecule has 208 valence electrons. The first-order valence-corrected chi connectivity index (χ1v) is 11.9. The molecule has 2 amide bonds. The minimum atomic E-state index is -4.80. The minimum Gasteiger partial charge on any atom is -0.480 e. The molecule has 0 spiro atoms. The van der Waals surface area contributed by atoms with Crippen LogP contribution in [0.4, 0.5) is 27.8 Å². The summed E-state index contributed by atoms with van der Waals surface area (Å²) in [5.74, 6) is -2.48. The fourth-order valence-electron chi connectivity index (χ4n) is 4.93. The van der Waals surface area contributed by atoms with Gasteiger partial charge >= 0.3 is 6.18 Å². The van der Waals surface area contributed by atoms with Crippen LogP contribution in [0.1, 0.15) is 35.8 Å². The second-order valence-corrected chi connectivity index (χ2v) is 9.57. The molecule has 15 heteroatoms. The highest BCUT2D eigenvalue weighted by atomic mass is 19.4. The zero-order chi connectivity index (χ0) is 28.9. The van der Waals surface area contributed by atoms with Gasteiger partial charge in [0.15, 0.2) is 5.82 Å². The Hall–Kier alpha value is -4.04. The van der Waals surface area contributed by atoms with Crippen LogP contribution in [0.5, 0.6) is 5.88 Å². The molecular weight excluding hydrogens is 529 g/mol. The molecule has 1 saturated heterocycles. The number of fused-ring (bicyclic) bond motifs is 1. The number of pyridine rings is 1. The second-order valence-electron chi connectivity index (χ2n) is 9.57. The number of nitrogens with two attached hydrogens (primary N) is 1. The molecule has 1 saturated carbocycles. The summed E-state index contributed by atoms with van der Waals surface area (Å²) in [6, 6.07) is 0.909. The fraction of sp³-hybridized carbons (Fsp3) is 0.458. The number of aromatic nitrogens is 4. The SMILES string of the molecule is [2H]COc1nc(C)c(-c2cc(C(F)(F)F)c3c(N)ncnn23)cc1C(=O)N[C@@H]1CN(C(=O)C2CC(F)C2)C[C@@H]1F. The highest BCUT2D eigenvalue weighted by Crippen LogP contribution is 2.40. The van der Waals surface area contributed by atoms with E-state index in [-0.39, 0.29) is 60.2 Å². The highest BCUT2D eigenvalue weighted by molar-refractivity contribution is 5.98. The van der Waals surface area contributed by atoms with E-state index >= 15 is 0 Å². The molecule has 1 aliphatic carbocycles. The normalized spacial score (nSPS) is 23.4. The third kappa shape index (κ3) is 4.69. The summed E-state index contributed by atoms with van der Waals surface area (Å²) in [7, 11) is -0.628. The Kier molecular flexibility index (Phi) is 6.22. The summed E-state index contributed by atoms with van der Waals surface area (Å²) >= 11 is 0. The summed E-state index contributed by atoms with van der Waals surface area (Å²) in [5.41, 5.74) is 4.00. The van der Waals surface area contributed by atoms with Gasteiger partial charge in [-0.1, -0.05) is 0 Å². The first kappa shape index (κ1) is 25.2. The number of nitrogen functional groups attached to an aromatic ring is 1. The van der Waals surface area contributed by atoms with E-state index in [1.807, 2.05) is 0 Å². The highest BCUT2D eigenvalue weighted by Gasteiger charge is 2.43. The average molecular weight is 554 g/mol. The molecule has 1 aliphatic heterocycles. The Balaban J connectivity index is 1.48. The van der Waals surface area contributed by atoms with Crippen LogP contribution in [0, 0.1) is 12.8 Å². The van der Waals surface area contributed by atoms with Gasteiger partial charge in [0.05, 0.1) is 38.0 Å². The largest absolute Gasteiger partial charge is 0.480 e. The summed E-state index contributed by atoms with van der Waals surface area (Å²) in [5, 5.41) is 6.39. The topological polar surface area (TPSA) is 128 Å². The summed E-state index contributed by atoms with van der Waals surface area (Å²) in [6.45, 7) is 1.04. The first-order chi connectivity index (χ1) is 18.9. The van der Waals surface area contributed by atoms with E-state index in [2.05, 4.69) is 20.4 Å². The first-order valence-electron chi connectivity index (χ1n) is 12.6. The van der Waals surface area contributed by atoms with Gasteiger partial charge in [0, 0.05) is 18.0 Å². The Labute approximate surface area is 219 Å². The average Bonchev–Trinajstić information content (AvgIpc) is 3.44. The van der Waals surface area contributed by atoms with E-state index in [1.54, 1.807) is 0 Å². The van der Waals surface area contributed by atoms with Gasteiger partial charge in [-0.15, -0.1) is 0 Å². The summed E-state index contributed by atoms with van der Waals surface area (Å²) < 4.78 is 83.0. The second kappa shape index (κ2) is 9.61. The Bertz CT molecular complexity index is 1480. The predicted octanol–water partition coefficient (Wildman–Crippen LogP) is 2.74. The number of anilines is 1. The van der Waals surface area contributed by atoms with E-state index in [1.165, 1.54) is 17.9 Å². The van der Waals surface area contributed by atoms with Crippen molar-refractivity contribution in [3.8, 4) is 17.1 Å². The van der Waals surface area contributed by atoms with Crippen LogP contribution >= 0.6 is 0 Å². The van der Waals surface area contributed by atoms with Crippen LogP contribution in [0.3, 0.4) is 0 Å². The number of carbonyl (C=O) groups excluding carboxylic acids is 2. The molecule has 3 aromatic heterocycles. The van der Waals surface area contributed by atoms with E-state index in [4.69, 9.17) is 11.8 Å². The summed E-state index contributed by atoms with van der Waals surface area (Å²) in [4.78, 5) is 34.9. The van der Waals surface area contributed by atoms with Crippen molar-refractivity contribution in [2.24, 2.45) is 5.92 Å². The Morgan fingerprint density at radius 1 is 1.23 bits per heavy atom. The lowest BCUT2D eigenvalue weighted by molar-refractivity contribution is -0.139. The maximum atomic E-state index is 14.8. The number of hydrogen-bond donors (Lipinski definition) is 2. The van der Waals surface area contributed by atoms with Crippen LogP contribution in [0.15, 0.2) is 18.5 Å². The van der Waals surface area contributed by atoms with Crippen molar-refractivity contribution in [3.63, 3.8) is 0 Å². The van der Waals surface area contributed by atoms with E-state index in [9.17, 15) is 31.5 Å². The number of nitrogens with zero attached hydrogens (tertiary/aromatic N) is 5. The van der Waals surface area contributed by atoms with Gasteiger partial charge in [-0.3, -0.25) is 9.59 Å². The van der Waals surface area contributed by atoms with Gasteiger partial charge in [0.2, 0.25) is 11.8 Å². The number of aryl methyl sites for hydroxylation is 1. The number of amides is 2. The zero-order valence-electron chi connectivity index (χ0n) is 21.5. The molecule has 0 radical (unpaired) electrons. The van der Waals surface area contributed by atoms with Crippen LogP contribution in [-0.4, -0.2) is 74.9 Å². The van der Waals surface area contributed by atoms with Crippen LogP contribution in [0.25, 0.3) is 16.8 Å². The molecule has 4 heterocycles. The molecule has 0 aromatic carbocycles. The molecule has 10 nitrogen and oxygen atoms in total. The quantitative estimate of drug-likeness (QED) is 0.465. The standard InChI is InChI=1S/C24H24F5N7O3/c1-10-13(18-6-15(24(27,28)29)19-20(30)31-9-32-36(18)19)5-14(22(33-10)39-2)21(37)34-17-8-35(7-16(17)26)23(38)11-3-12(25)4-11/h5-6,9,11-12,16-17H,3-4,7-8H2,1-2H3,(H,34,37)(H2,30,31,32)/t11?,12?,16-,17+/m0/s1/i2D. The monoisotopic (exact) mass is 554 g/mol. The van der Waals surface area contributed by atoms with Crippen molar-refractivity contribution >= 4 is 23.1 Å². The molecule has 3 N–H and O–H groups in total. The molecule has 0 unspecified atom stereocenters. The van der Waals surface area contributed by atoms with Crippen molar-refractivity contribution in [3.05, 3.63) is 35.3 Å². The molecule has 0 bridgehead atoms. The van der Waals surface area contributed by atoms with Crippen molar-refractivity contribution in [2.45, 2.75) is 44.3 Å². The number of carbonyl (C=O) groups is 2. The number of hydrogen-bond acceptors (Lipinski definition) is 7. The van der Waals surface area contributed by atoms with Gasteiger partial charge in [0.1, 0.15) is 29.8 Å². The van der Waals surface area contributed by atoms with Gasteiger partial charge in [-0.2, -0.15) is 18.3 Å². The molecule has 2 fully saturated rings. The van der Waals surface area contributed by atoms with E-state index < -0.39 is 60.4 Å². The lowest BCUT2D eigenvalue weighted by Gasteiger charge is -2.31. The molecular formula is C24H24F5N7O3. The molecule has 2 aliphatic rings. The van der Waals surface area contributed by atoms with E-state index in [0.717, 1.165) is 16.9 Å². The van der Waals surface area contributed by atoms with Crippen molar-refractivity contribution in [1.29, 1.82) is 0 Å². The maximum absolute atomic E-state index is 14.8. The lowest BCUT2D eigenvalue weighted by atomic mass is 9.82. The molecule has 3 aromatic rings. The van der Waals surface area contributed by atoms with Gasteiger partial charge in [-0.25, -0.2) is 23.3 Å². The maximum Gasteiger partial charge on any atom is 0.418 e. The fourth-order valence-corrected chi connectivity index (χ4v) is 4.93. The molecule has 39 heavy (non-hydrogen) atoms. The third-order valence-corrected chi connectivity index (χ3v) is 7.03. The number of ether oxygens (including phenoxy) is 1. The third-order valence-electron chi connectivity index (χ3n) is 7.03. The van der Waals surface area contributed by atoms with E-state index in [0.29, 0.717) is 0 Å². The van der Waals surface area contributed by atoms with Crippen molar-refractivity contribution in [1.82, 2.24) is 29.8 Å². The number of methoxy groups -OCH3 is 1. The van der Waals surface area contributed by atoms with Crippen LogP contribution < -0.4 is 15.8 Å². The van der Waals surface area contributed by atoms with Gasteiger partial charge in [-0.05, 0) is 31.9 Å². The van der Waals surface area contributed by atoms with Gasteiger partial charge < -0.3 is 20.7 Å². The Morgan fingerprint density at radius 2 is 1.97 bits per heavy atom. The zero-order valence-corrected chi connectivity index (χ0v) is 20.5. The number of rotatable bonds is 5.